The predicted octanol–water partition coefficient (Wildman–Crippen LogP) is 5.05. The number of rotatable bonds is 8. The highest BCUT2D eigenvalue weighted by molar-refractivity contribution is 8.00. The van der Waals surface area contributed by atoms with Crippen molar-refractivity contribution in [2.75, 3.05) is 11.9 Å². The van der Waals surface area contributed by atoms with E-state index in [0.717, 1.165) is 16.3 Å². The number of para-hydroxylation sites is 2. The van der Waals surface area contributed by atoms with Gasteiger partial charge in [-0.1, -0.05) is 61.2 Å². The molecule has 0 aliphatic heterocycles. The van der Waals surface area contributed by atoms with Crippen LogP contribution in [0.2, 0.25) is 0 Å². The fourth-order valence-electron chi connectivity index (χ4n) is 2.70. The van der Waals surface area contributed by atoms with E-state index in [2.05, 4.69) is 15.3 Å². The molecule has 0 radical (unpaired) electrons. The molecule has 1 unspecified atom stereocenters. The summed E-state index contributed by atoms with van der Waals surface area (Å²) < 4.78 is 5.59. The van der Waals surface area contributed by atoms with E-state index in [9.17, 15) is 4.79 Å². The largest absolute Gasteiger partial charge is 0.492 e. The minimum absolute atomic E-state index is 0.0699. The Kier molecular flexibility index (Phi) is 7.03. The summed E-state index contributed by atoms with van der Waals surface area (Å²) in [6, 6.07) is 19.3. The molecule has 0 aliphatic rings. The van der Waals surface area contributed by atoms with Crippen molar-refractivity contribution in [2.45, 2.75) is 30.5 Å². The first-order chi connectivity index (χ1) is 13.7. The van der Waals surface area contributed by atoms with Crippen molar-refractivity contribution in [3.8, 4) is 17.0 Å². The number of benzene rings is 2. The third kappa shape index (κ3) is 5.10. The van der Waals surface area contributed by atoms with Gasteiger partial charge < -0.3 is 10.1 Å². The van der Waals surface area contributed by atoms with Gasteiger partial charge in [0.1, 0.15) is 17.1 Å². The Balaban J connectivity index is 1.73. The van der Waals surface area contributed by atoms with Crippen LogP contribution in [0.3, 0.4) is 0 Å². The molecule has 0 saturated carbocycles. The number of aromatic nitrogens is 2. The molecule has 1 amide bonds. The first-order valence-electron chi connectivity index (χ1n) is 9.28. The van der Waals surface area contributed by atoms with Gasteiger partial charge in [-0.3, -0.25) is 4.79 Å². The van der Waals surface area contributed by atoms with Crippen LogP contribution in [0.5, 0.6) is 5.75 Å². The number of anilines is 1. The van der Waals surface area contributed by atoms with Crippen LogP contribution in [0.15, 0.2) is 72.0 Å². The van der Waals surface area contributed by atoms with Crippen molar-refractivity contribution in [1.82, 2.24) is 9.97 Å². The van der Waals surface area contributed by atoms with E-state index in [-0.39, 0.29) is 11.2 Å². The molecule has 144 valence electrons. The number of nitrogens with zero attached hydrogens (tertiary/aromatic N) is 2. The quantitative estimate of drug-likeness (QED) is 0.428. The lowest BCUT2D eigenvalue weighted by Crippen LogP contribution is -2.25. The van der Waals surface area contributed by atoms with Crippen molar-refractivity contribution in [3.05, 3.63) is 67.0 Å². The number of hydrogen-bond acceptors (Lipinski definition) is 5. The van der Waals surface area contributed by atoms with Crippen LogP contribution in [0.25, 0.3) is 11.3 Å². The molecule has 1 N–H and O–H groups in total. The number of amides is 1. The first kappa shape index (κ1) is 19.9. The fraction of sp³-hybridized carbons (Fsp3) is 0.227. The van der Waals surface area contributed by atoms with Gasteiger partial charge in [-0.25, -0.2) is 9.97 Å². The summed E-state index contributed by atoms with van der Waals surface area (Å²) in [5, 5.41) is 3.49. The Bertz CT molecular complexity index is 918. The lowest BCUT2D eigenvalue weighted by Gasteiger charge is -2.16. The van der Waals surface area contributed by atoms with E-state index in [1.165, 1.54) is 11.8 Å². The lowest BCUT2D eigenvalue weighted by molar-refractivity contribution is -0.115. The molecule has 0 saturated heterocycles. The molecular weight excluding hydrogens is 370 g/mol. The highest BCUT2D eigenvalue weighted by atomic mass is 32.2. The van der Waals surface area contributed by atoms with E-state index in [1.807, 2.05) is 74.5 Å². The van der Waals surface area contributed by atoms with Crippen LogP contribution < -0.4 is 10.1 Å². The van der Waals surface area contributed by atoms with Gasteiger partial charge in [0.15, 0.2) is 0 Å². The summed E-state index contributed by atoms with van der Waals surface area (Å²) in [6.07, 6.45) is 2.22. The van der Waals surface area contributed by atoms with Crippen molar-refractivity contribution in [3.63, 3.8) is 0 Å². The second-order valence-corrected chi connectivity index (χ2v) is 7.26. The van der Waals surface area contributed by atoms with E-state index >= 15 is 0 Å². The Morgan fingerprint density at radius 1 is 1.07 bits per heavy atom. The molecule has 2 aromatic carbocycles. The normalized spacial score (nSPS) is 11.6. The summed E-state index contributed by atoms with van der Waals surface area (Å²) in [6.45, 7) is 4.45. The predicted molar refractivity (Wildman–Crippen MR) is 114 cm³/mol. The van der Waals surface area contributed by atoms with Crippen molar-refractivity contribution in [2.24, 2.45) is 0 Å². The molecule has 3 aromatic rings. The standard InChI is InChI=1S/C22H23N3O2S/c1-3-20(22(26)25-17-12-8-9-13-19(17)27-4-2)28-21-14-18(23-15-24-21)16-10-6-5-7-11-16/h5-15,20H,3-4H2,1-2H3,(H,25,26). The van der Waals surface area contributed by atoms with Gasteiger partial charge in [-0.2, -0.15) is 0 Å². The third-order valence-electron chi connectivity index (χ3n) is 4.08. The summed E-state index contributed by atoms with van der Waals surface area (Å²) in [5.41, 5.74) is 2.55. The van der Waals surface area contributed by atoms with Gasteiger partial charge >= 0.3 is 0 Å². The molecule has 28 heavy (non-hydrogen) atoms. The van der Waals surface area contributed by atoms with E-state index in [1.54, 1.807) is 6.33 Å². The third-order valence-corrected chi connectivity index (χ3v) is 5.38. The topological polar surface area (TPSA) is 64.1 Å². The van der Waals surface area contributed by atoms with Crippen molar-refractivity contribution in [1.29, 1.82) is 0 Å². The fourth-order valence-corrected chi connectivity index (χ4v) is 3.62. The Labute approximate surface area is 169 Å². The lowest BCUT2D eigenvalue weighted by atomic mass is 10.1. The minimum atomic E-state index is -0.270. The van der Waals surface area contributed by atoms with Crippen molar-refractivity contribution >= 4 is 23.4 Å². The van der Waals surface area contributed by atoms with E-state index in [0.29, 0.717) is 24.5 Å². The van der Waals surface area contributed by atoms with Crippen LogP contribution in [0.1, 0.15) is 20.3 Å². The molecule has 0 spiro atoms. The highest BCUT2D eigenvalue weighted by Crippen LogP contribution is 2.29. The first-order valence-corrected chi connectivity index (χ1v) is 10.2. The van der Waals surface area contributed by atoms with Gasteiger partial charge in [-0.05, 0) is 31.5 Å². The zero-order chi connectivity index (χ0) is 19.8. The summed E-state index contributed by atoms with van der Waals surface area (Å²) >= 11 is 1.44. The Hall–Kier alpha value is -2.86. The molecule has 1 heterocycles. The molecule has 5 nitrogen and oxygen atoms in total. The van der Waals surface area contributed by atoms with Gasteiger partial charge in [0.2, 0.25) is 5.91 Å². The van der Waals surface area contributed by atoms with E-state index < -0.39 is 0 Å². The SMILES string of the molecule is CCOc1ccccc1NC(=O)C(CC)Sc1cc(-c2ccccc2)ncn1. The van der Waals surface area contributed by atoms with Crippen LogP contribution in [-0.4, -0.2) is 27.7 Å². The summed E-state index contributed by atoms with van der Waals surface area (Å²) in [7, 11) is 0. The van der Waals surface area contributed by atoms with Gasteiger partial charge in [0, 0.05) is 5.56 Å². The molecule has 1 aromatic heterocycles. The zero-order valence-electron chi connectivity index (χ0n) is 16.0. The number of nitrogens with one attached hydrogen (secondary N) is 1. The smallest absolute Gasteiger partial charge is 0.238 e. The maximum Gasteiger partial charge on any atom is 0.238 e. The van der Waals surface area contributed by atoms with Crippen molar-refractivity contribution < 1.29 is 9.53 Å². The molecular formula is C22H23N3O2S. The molecule has 1 atom stereocenters. The molecule has 0 bridgehead atoms. The Morgan fingerprint density at radius 3 is 2.57 bits per heavy atom. The van der Waals surface area contributed by atoms with E-state index in [4.69, 9.17) is 4.74 Å². The molecule has 3 rings (SSSR count). The number of carbonyl (C=O) groups excluding carboxylic acids is 1. The second-order valence-electron chi connectivity index (χ2n) is 6.04. The monoisotopic (exact) mass is 393 g/mol. The van der Waals surface area contributed by atoms with Crippen LogP contribution >= 0.6 is 11.8 Å². The maximum absolute atomic E-state index is 12.8. The average molecular weight is 394 g/mol. The second kappa shape index (κ2) is 9.90. The number of thioether (sulfide) groups is 1. The van der Waals surface area contributed by atoms with Gasteiger partial charge in [0.05, 0.1) is 23.2 Å². The van der Waals surface area contributed by atoms with Crippen LogP contribution in [0.4, 0.5) is 5.69 Å². The number of hydrogen-bond donors (Lipinski definition) is 1. The summed E-state index contributed by atoms with van der Waals surface area (Å²) in [4.78, 5) is 21.5. The average Bonchev–Trinajstić information content (AvgIpc) is 2.74. The molecule has 0 aliphatic carbocycles. The minimum Gasteiger partial charge on any atom is -0.492 e. The molecule has 6 heteroatoms. The van der Waals surface area contributed by atoms with Crippen LogP contribution in [0, 0.1) is 0 Å². The highest BCUT2D eigenvalue weighted by Gasteiger charge is 2.20. The summed E-state index contributed by atoms with van der Waals surface area (Å²) in [5.74, 6) is 0.603. The van der Waals surface area contributed by atoms with Crippen LogP contribution in [-0.2, 0) is 4.79 Å². The molecule has 0 fully saturated rings. The number of carbonyl (C=O) groups is 1. The Morgan fingerprint density at radius 2 is 1.82 bits per heavy atom. The number of ether oxygens (including phenoxy) is 1. The zero-order valence-corrected chi connectivity index (χ0v) is 16.8. The maximum atomic E-state index is 12.8. The van der Waals surface area contributed by atoms with Gasteiger partial charge in [-0.15, -0.1) is 0 Å². The van der Waals surface area contributed by atoms with Gasteiger partial charge in [0.25, 0.3) is 0 Å².